The summed E-state index contributed by atoms with van der Waals surface area (Å²) < 4.78 is 41.6. The lowest BCUT2D eigenvalue weighted by Crippen LogP contribution is -2.22. The monoisotopic (exact) mass is 250 g/mol. The summed E-state index contributed by atoms with van der Waals surface area (Å²) >= 11 is 0. The van der Waals surface area contributed by atoms with Crippen molar-refractivity contribution in [3.05, 3.63) is 18.0 Å². The Kier molecular flexibility index (Phi) is 3.87. The molecule has 0 spiro atoms. The molecular formula is C9H9F3N2O3. The molecule has 0 unspecified atom stereocenters. The van der Waals surface area contributed by atoms with Gasteiger partial charge in [-0.1, -0.05) is 0 Å². The second-order valence-corrected chi connectivity index (χ2v) is 3.06. The highest BCUT2D eigenvalue weighted by Gasteiger charge is 2.40. The van der Waals surface area contributed by atoms with E-state index in [2.05, 4.69) is 9.84 Å². The third kappa shape index (κ3) is 3.58. The van der Waals surface area contributed by atoms with Gasteiger partial charge in [-0.2, -0.15) is 18.3 Å². The number of nitrogens with zero attached hydrogens (tertiary/aromatic N) is 2. The zero-order valence-corrected chi connectivity index (χ0v) is 8.82. The molecule has 0 aliphatic carbocycles. The first-order valence-electron chi connectivity index (χ1n) is 4.64. The number of Topliss-reactive ketones (excluding diaryl/α,β-unsaturated/α-hetero) is 1. The fourth-order valence-electron chi connectivity index (χ4n) is 1.07. The molecule has 0 saturated heterocycles. The fraction of sp³-hybridized carbons (Fsp3) is 0.444. The van der Waals surface area contributed by atoms with Crippen molar-refractivity contribution < 1.29 is 27.5 Å². The predicted molar refractivity (Wildman–Crippen MR) is 49.2 cm³/mol. The third-order valence-electron chi connectivity index (χ3n) is 1.75. The van der Waals surface area contributed by atoms with Crippen LogP contribution in [0.5, 0.6) is 0 Å². The van der Waals surface area contributed by atoms with Gasteiger partial charge in [0.05, 0.1) is 18.4 Å². The van der Waals surface area contributed by atoms with Crippen molar-refractivity contribution in [2.45, 2.75) is 19.6 Å². The predicted octanol–water partition coefficient (Wildman–Crippen LogP) is 1.19. The average molecular weight is 250 g/mol. The molecule has 0 saturated carbocycles. The van der Waals surface area contributed by atoms with Gasteiger partial charge in [0, 0.05) is 6.20 Å². The number of ether oxygens (including phenoxy) is 1. The number of carbonyl (C=O) groups excluding carboxylic acids is 2. The number of aromatic nitrogens is 2. The summed E-state index contributed by atoms with van der Waals surface area (Å²) in [6.45, 7) is 1.42. The van der Waals surface area contributed by atoms with Gasteiger partial charge in [-0.25, -0.2) is 0 Å². The quantitative estimate of drug-likeness (QED) is 0.595. The number of hydrogen-bond acceptors (Lipinski definition) is 4. The van der Waals surface area contributed by atoms with E-state index in [9.17, 15) is 22.8 Å². The lowest BCUT2D eigenvalue weighted by atomic mass is 10.2. The summed E-state index contributed by atoms with van der Waals surface area (Å²) in [5, 5.41) is 3.47. The SMILES string of the molecule is CCOC(=O)Cn1cc(C(=O)C(F)(F)F)cn1. The summed E-state index contributed by atoms with van der Waals surface area (Å²) in [6.07, 6.45) is -3.33. The molecule has 1 heterocycles. The molecule has 0 N–H and O–H groups in total. The Hall–Kier alpha value is -1.86. The summed E-state index contributed by atoms with van der Waals surface area (Å²) in [5.41, 5.74) is -0.609. The van der Waals surface area contributed by atoms with E-state index in [1.807, 2.05) is 0 Å². The third-order valence-corrected chi connectivity index (χ3v) is 1.75. The summed E-state index contributed by atoms with van der Waals surface area (Å²) in [6, 6.07) is 0. The maximum absolute atomic E-state index is 12.0. The Bertz CT molecular complexity index is 425. The molecule has 0 aromatic carbocycles. The molecule has 0 amide bonds. The summed E-state index contributed by atoms with van der Waals surface area (Å²) in [5.74, 6) is -2.63. The number of esters is 1. The number of carbonyl (C=O) groups is 2. The van der Waals surface area contributed by atoms with Gasteiger partial charge in [0.1, 0.15) is 6.54 Å². The number of hydrogen-bond donors (Lipinski definition) is 0. The van der Waals surface area contributed by atoms with Crippen molar-refractivity contribution in [2.24, 2.45) is 0 Å². The van der Waals surface area contributed by atoms with Crippen LogP contribution in [0.4, 0.5) is 13.2 Å². The van der Waals surface area contributed by atoms with Gasteiger partial charge >= 0.3 is 12.1 Å². The lowest BCUT2D eigenvalue weighted by molar-refractivity contribution is -0.144. The van der Waals surface area contributed by atoms with Gasteiger partial charge in [-0.05, 0) is 6.92 Å². The van der Waals surface area contributed by atoms with Crippen molar-refractivity contribution in [3.63, 3.8) is 0 Å². The van der Waals surface area contributed by atoms with E-state index < -0.39 is 23.5 Å². The molecule has 8 heteroatoms. The molecule has 0 bridgehead atoms. The van der Waals surface area contributed by atoms with E-state index in [1.54, 1.807) is 6.92 Å². The van der Waals surface area contributed by atoms with Gasteiger partial charge in [-0.15, -0.1) is 0 Å². The zero-order chi connectivity index (χ0) is 13.1. The molecule has 1 aromatic rings. The minimum Gasteiger partial charge on any atom is -0.465 e. The lowest BCUT2D eigenvalue weighted by Gasteiger charge is -2.02. The van der Waals surface area contributed by atoms with Gasteiger partial charge in [-0.3, -0.25) is 14.3 Å². The average Bonchev–Trinajstić information content (AvgIpc) is 2.63. The summed E-state index contributed by atoms with van der Waals surface area (Å²) in [4.78, 5) is 21.8. The Labute approximate surface area is 94.2 Å². The minimum absolute atomic E-state index is 0.161. The highest BCUT2D eigenvalue weighted by Crippen LogP contribution is 2.20. The van der Waals surface area contributed by atoms with Crippen LogP contribution in [-0.4, -0.2) is 34.3 Å². The molecule has 5 nitrogen and oxygen atoms in total. The van der Waals surface area contributed by atoms with Crippen molar-refractivity contribution in [1.29, 1.82) is 0 Å². The van der Waals surface area contributed by atoms with Crippen LogP contribution >= 0.6 is 0 Å². The Morgan fingerprint density at radius 3 is 2.65 bits per heavy atom. The van der Waals surface area contributed by atoms with E-state index in [0.29, 0.717) is 0 Å². The molecule has 17 heavy (non-hydrogen) atoms. The van der Waals surface area contributed by atoms with Crippen LogP contribution in [0.3, 0.4) is 0 Å². The largest absolute Gasteiger partial charge is 0.465 e. The normalized spacial score (nSPS) is 11.3. The van der Waals surface area contributed by atoms with Crippen molar-refractivity contribution >= 4 is 11.8 Å². The highest BCUT2D eigenvalue weighted by atomic mass is 19.4. The van der Waals surface area contributed by atoms with Gasteiger partial charge in [0.25, 0.3) is 5.78 Å². The second-order valence-electron chi connectivity index (χ2n) is 3.06. The number of alkyl halides is 3. The first kappa shape index (κ1) is 13.2. The van der Waals surface area contributed by atoms with Crippen LogP contribution in [-0.2, 0) is 16.1 Å². The van der Waals surface area contributed by atoms with E-state index in [-0.39, 0.29) is 13.2 Å². The van der Waals surface area contributed by atoms with Gasteiger partial charge in [0.15, 0.2) is 0 Å². The molecule has 94 valence electrons. The molecule has 0 radical (unpaired) electrons. The standard InChI is InChI=1S/C9H9F3N2O3/c1-2-17-7(15)5-14-4-6(3-13-14)8(16)9(10,11)12/h3-4H,2,5H2,1H3. The maximum Gasteiger partial charge on any atom is 0.454 e. The van der Waals surface area contributed by atoms with Crippen LogP contribution in [0, 0.1) is 0 Å². The smallest absolute Gasteiger partial charge is 0.454 e. The first-order valence-corrected chi connectivity index (χ1v) is 4.64. The molecule has 1 aromatic heterocycles. The Balaban J connectivity index is 2.72. The van der Waals surface area contributed by atoms with Gasteiger partial charge < -0.3 is 4.74 Å². The number of halogens is 3. The fourth-order valence-corrected chi connectivity index (χ4v) is 1.07. The van der Waals surface area contributed by atoms with Crippen molar-refractivity contribution in [3.8, 4) is 0 Å². The summed E-state index contributed by atoms with van der Waals surface area (Å²) in [7, 11) is 0. The molecular weight excluding hydrogens is 241 g/mol. The van der Waals surface area contributed by atoms with E-state index >= 15 is 0 Å². The van der Waals surface area contributed by atoms with Crippen LogP contribution in [0.25, 0.3) is 0 Å². The van der Waals surface area contributed by atoms with Crippen molar-refractivity contribution in [2.75, 3.05) is 6.61 Å². The van der Waals surface area contributed by atoms with Gasteiger partial charge in [0.2, 0.25) is 0 Å². The molecule has 0 fully saturated rings. The van der Waals surface area contributed by atoms with Crippen LogP contribution in [0.2, 0.25) is 0 Å². The number of ketones is 1. The second kappa shape index (κ2) is 4.98. The molecule has 0 aliphatic rings. The molecule has 0 atom stereocenters. The van der Waals surface area contributed by atoms with Crippen LogP contribution in [0.15, 0.2) is 12.4 Å². The topological polar surface area (TPSA) is 61.2 Å². The molecule has 0 aliphatic heterocycles. The molecule has 1 rings (SSSR count). The van der Waals surface area contributed by atoms with Crippen LogP contribution in [0.1, 0.15) is 17.3 Å². The highest BCUT2D eigenvalue weighted by molar-refractivity contribution is 5.99. The Morgan fingerprint density at radius 1 is 1.47 bits per heavy atom. The first-order chi connectivity index (χ1) is 7.84. The zero-order valence-electron chi connectivity index (χ0n) is 8.82. The van der Waals surface area contributed by atoms with Crippen LogP contribution < -0.4 is 0 Å². The van der Waals surface area contributed by atoms with E-state index in [1.165, 1.54) is 0 Å². The maximum atomic E-state index is 12.0. The van der Waals surface area contributed by atoms with Crippen molar-refractivity contribution in [1.82, 2.24) is 9.78 Å². The van der Waals surface area contributed by atoms with E-state index in [0.717, 1.165) is 17.1 Å². The Morgan fingerprint density at radius 2 is 2.12 bits per heavy atom. The van der Waals surface area contributed by atoms with E-state index in [4.69, 9.17) is 0 Å². The number of rotatable bonds is 4. The minimum atomic E-state index is -4.95.